The summed E-state index contributed by atoms with van der Waals surface area (Å²) in [5.74, 6) is 0.112. The smallest absolute Gasteiger partial charge is 0.295 e. The van der Waals surface area contributed by atoms with Gasteiger partial charge in [-0.2, -0.15) is 10.4 Å². The van der Waals surface area contributed by atoms with Crippen LogP contribution >= 0.6 is 0 Å². The summed E-state index contributed by atoms with van der Waals surface area (Å²) in [6, 6.07) is 11.4. The third kappa shape index (κ3) is 4.23. The zero-order valence-electron chi connectivity index (χ0n) is 20.7. The highest BCUT2D eigenvalue weighted by Crippen LogP contribution is 2.32. The number of fused-ring (bicyclic) bond motifs is 1. The number of hydrogen-bond acceptors (Lipinski definition) is 7. The van der Waals surface area contributed by atoms with Gasteiger partial charge in [0.15, 0.2) is 25.0 Å². The first-order valence-corrected chi connectivity index (χ1v) is 11.8. The molecule has 37 heavy (non-hydrogen) atoms. The van der Waals surface area contributed by atoms with Gasteiger partial charge in [-0.15, -0.1) is 0 Å². The summed E-state index contributed by atoms with van der Waals surface area (Å²) in [7, 11) is 1.48. The summed E-state index contributed by atoms with van der Waals surface area (Å²) < 4.78 is 8.93. The first-order valence-electron chi connectivity index (χ1n) is 11.8. The van der Waals surface area contributed by atoms with Crippen molar-refractivity contribution >= 4 is 28.3 Å². The number of ketones is 1. The van der Waals surface area contributed by atoms with Gasteiger partial charge in [-0.3, -0.25) is 9.59 Å². The van der Waals surface area contributed by atoms with E-state index in [1.165, 1.54) is 30.5 Å². The molecule has 0 saturated carbocycles. The number of amides is 1. The van der Waals surface area contributed by atoms with E-state index >= 15 is 0 Å². The number of aryl methyl sites for hydroxylation is 1. The average Bonchev–Trinajstić information content (AvgIpc) is 3.55. The van der Waals surface area contributed by atoms with E-state index in [-0.39, 0.29) is 11.6 Å². The number of aromatic nitrogens is 5. The molecule has 0 bridgehead atoms. The molecule has 4 heterocycles. The number of carbonyl (C=O) groups excluding carboxylic acids is 2. The minimum Gasteiger partial charge on any atom is -0.494 e. The Balaban J connectivity index is 1.44. The first kappa shape index (κ1) is 23.9. The van der Waals surface area contributed by atoms with Gasteiger partial charge in [0.25, 0.3) is 17.4 Å². The molecule has 186 valence electrons. The Morgan fingerprint density at radius 1 is 1.24 bits per heavy atom. The van der Waals surface area contributed by atoms with Gasteiger partial charge in [0.1, 0.15) is 17.9 Å². The van der Waals surface area contributed by atoms with E-state index in [0.717, 1.165) is 5.56 Å². The maximum Gasteiger partial charge on any atom is 0.295 e. The Bertz CT molecular complexity index is 1580. The van der Waals surface area contributed by atoms with Gasteiger partial charge in [0, 0.05) is 6.20 Å². The Hall–Kier alpha value is -4.85. The SMILES string of the molecule is COc1cnc(-n2cnc(C)n2)c2[nH]cc(C(=O)C(=O)N3CC/[N+](=C(\C#N)c4ccccc4)CC3C)c12. The molecule has 1 saturated heterocycles. The summed E-state index contributed by atoms with van der Waals surface area (Å²) in [5.41, 5.74) is 2.08. The Labute approximate surface area is 212 Å². The monoisotopic (exact) mass is 497 g/mol. The number of nitrogens with one attached hydrogen (secondary N) is 1. The number of nitrogens with zero attached hydrogens (tertiary/aromatic N) is 7. The highest BCUT2D eigenvalue weighted by molar-refractivity contribution is 6.45. The van der Waals surface area contributed by atoms with Crippen molar-refractivity contribution in [2.24, 2.45) is 0 Å². The van der Waals surface area contributed by atoms with Crippen molar-refractivity contribution in [2.75, 3.05) is 26.7 Å². The molecular weight excluding hydrogens is 472 g/mol. The van der Waals surface area contributed by atoms with Gasteiger partial charge in [-0.05, 0) is 26.0 Å². The molecule has 1 aliphatic heterocycles. The maximum absolute atomic E-state index is 13.5. The number of aromatic amines is 1. The zero-order valence-corrected chi connectivity index (χ0v) is 20.7. The van der Waals surface area contributed by atoms with Crippen LogP contribution in [0.4, 0.5) is 0 Å². The lowest BCUT2D eigenvalue weighted by Gasteiger charge is -2.31. The van der Waals surface area contributed by atoms with Gasteiger partial charge in [0.2, 0.25) is 0 Å². The zero-order chi connectivity index (χ0) is 26.1. The minimum atomic E-state index is -0.649. The molecule has 4 aromatic rings. The number of benzene rings is 1. The molecule has 11 heteroatoms. The molecule has 1 N–H and O–H groups in total. The number of pyridine rings is 1. The van der Waals surface area contributed by atoms with Gasteiger partial charge < -0.3 is 14.6 Å². The largest absolute Gasteiger partial charge is 0.494 e. The standard InChI is InChI=1S/C26H24N8O3/c1-16-14-32(20(11-27)18-7-5-4-6-8-18)9-10-33(16)26(36)24(35)19-12-28-23-22(19)21(37-3)13-29-25(23)34-15-30-17(2)31-34/h4-8,12-13,15-16H,9-10,14H2,1-3H3/p+1/b32-20-. The van der Waals surface area contributed by atoms with Crippen molar-refractivity contribution in [3.05, 3.63) is 66.0 Å². The molecule has 1 atom stereocenters. The van der Waals surface area contributed by atoms with Crippen molar-refractivity contribution < 1.29 is 18.9 Å². The van der Waals surface area contributed by atoms with E-state index in [1.807, 2.05) is 41.8 Å². The number of rotatable bonds is 5. The number of ether oxygens (including phenoxy) is 1. The Morgan fingerprint density at radius 3 is 2.68 bits per heavy atom. The van der Waals surface area contributed by atoms with Crippen molar-refractivity contribution in [2.45, 2.75) is 19.9 Å². The van der Waals surface area contributed by atoms with E-state index in [4.69, 9.17) is 4.74 Å². The number of carbonyl (C=O) groups is 2. The summed E-state index contributed by atoms with van der Waals surface area (Å²) in [6.45, 7) is 4.83. The van der Waals surface area contributed by atoms with E-state index in [0.29, 0.717) is 53.6 Å². The van der Waals surface area contributed by atoms with Crippen LogP contribution < -0.4 is 4.74 Å². The molecule has 1 amide bonds. The number of hydrogen-bond donors (Lipinski definition) is 1. The van der Waals surface area contributed by atoms with Crippen LogP contribution in [0.2, 0.25) is 0 Å². The Morgan fingerprint density at radius 2 is 2.03 bits per heavy atom. The third-order valence-electron chi connectivity index (χ3n) is 6.49. The van der Waals surface area contributed by atoms with Crippen LogP contribution in [0.3, 0.4) is 0 Å². The van der Waals surface area contributed by atoms with Crippen LogP contribution in [0.25, 0.3) is 16.7 Å². The maximum atomic E-state index is 13.5. The fourth-order valence-electron chi connectivity index (χ4n) is 4.68. The fourth-order valence-corrected chi connectivity index (χ4v) is 4.68. The third-order valence-corrected chi connectivity index (χ3v) is 6.49. The normalized spacial score (nSPS) is 16.9. The van der Waals surface area contributed by atoms with Crippen LogP contribution in [0.1, 0.15) is 28.7 Å². The second kappa shape index (κ2) is 9.66. The second-order valence-electron chi connectivity index (χ2n) is 8.79. The predicted molar refractivity (Wildman–Crippen MR) is 134 cm³/mol. The van der Waals surface area contributed by atoms with Crippen LogP contribution in [0, 0.1) is 18.3 Å². The van der Waals surface area contributed by atoms with Gasteiger partial charge >= 0.3 is 0 Å². The van der Waals surface area contributed by atoms with Gasteiger partial charge in [-0.1, -0.05) is 18.2 Å². The van der Waals surface area contributed by atoms with Crippen molar-refractivity contribution in [1.29, 1.82) is 5.26 Å². The highest BCUT2D eigenvalue weighted by atomic mass is 16.5. The van der Waals surface area contributed by atoms with Gasteiger partial charge in [0.05, 0.1) is 47.9 Å². The lowest BCUT2D eigenvalue weighted by atomic mass is 10.1. The Kier molecular flexibility index (Phi) is 6.23. The second-order valence-corrected chi connectivity index (χ2v) is 8.79. The summed E-state index contributed by atoms with van der Waals surface area (Å²) in [6.07, 6.45) is 4.52. The quantitative estimate of drug-likeness (QED) is 0.253. The molecule has 1 aliphatic rings. The summed E-state index contributed by atoms with van der Waals surface area (Å²) >= 11 is 0. The first-order chi connectivity index (χ1) is 17.9. The molecular formula is C26H25N8O3+. The molecule has 0 spiro atoms. The molecule has 1 fully saturated rings. The summed E-state index contributed by atoms with van der Waals surface area (Å²) in [5, 5.41) is 14.5. The lowest BCUT2D eigenvalue weighted by molar-refractivity contribution is -0.543. The van der Waals surface area contributed by atoms with Crippen molar-refractivity contribution in [3.8, 4) is 17.6 Å². The molecule has 5 rings (SSSR count). The van der Waals surface area contributed by atoms with E-state index in [9.17, 15) is 14.9 Å². The molecule has 1 unspecified atom stereocenters. The predicted octanol–water partition coefficient (Wildman–Crippen LogP) is 1.90. The van der Waals surface area contributed by atoms with Crippen LogP contribution in [0.5, 0.6) is 5.75 Å². The minimum absolute atomic E-state index is 0.195. The number of Topliss-reactive ketones (excluding diaryl/α,β-unsaturated/α-hetero) is 1. The number of piperazine rings is 1. The van der Waals surface area contributed by atoms with Crippen LogP contribution in [-0.2, 0) is 4.79 Å². The van der Waals surface area contributed by atoms with E-state index in [1.54, 1.807) is 11.8 Å². The number of nitriles is 1. The molecule has 11 nitrogen and oxygen atoms in total. The topological polar surface area (TPSA) is 133 Å². The molecule has 1 aromatic carbocycles. The van der Waals surface area contributed by atoms with Crippen LogP contribution in [-0.4, -0.2) is 84.4 Å². The lowest BCUT2D eigenvalue weighted by Crippen LogP contribution is -2.54. The highest BCUT2D eigenvalue weighted by Gasteiger charge is 2.36. The van der Waals surface area contributed by atoms with Crippen molar-refractivity contribution in [1.82, 2.24) is 29.6 Å². The van der Waals surface area contributed by atoms with Crippen molar-refractivity contribution in [3.63, 3.8) is 0 Å². The number of H-pyrrole nitrogens is 1. The van der Waals surface area contributed by atoms with E-state index in [2.05, 4.69) is 26.1 Å². The summed E-state index contributed by atoms with van der Waals surface area (Å²) in [4.78, 5) is 40.1. The van der Waals surface area contributed by atoms with E-state index < -0.39 is 11.7 Å². The fraction of sp³-hybridized carbons (Fsp3) is 0.269. The average molecular weight is 498 g/mol. The molecule has 3 aromatic heterocycles. The number of methoxy groups -OCH3 is 1. The molecule has 0 aliphatic carbocycles. The van der Waals surface area contributed by atoms with Gasteiger partial charge in [-0.25, -0.2) is 19.2 Å². The molecule has 0 radical (unpaired) electrons. The van der Waals surface area contributed by atoms with Crippen LogP contribution in [0.15, 0.2) is 49.1 Å².